The summed E-state index contributed by atoms with van der Waals surface area (Å²) in [5, 5.41) is 8.96. The minimum absolute atomic E-state index is 0.105. The lowest BCUT2D eigenvalue weighted by atomic mass is 10.1. The monoisotopic (exact) mass is 289 g/mol. The van der Waals surface area contributed by atoms with Crippen LogP contribution in [-0.2, 0) is 16.6 Å². The molecule has 1 aromatic heterocycles. The Morgan fingerprint density at radius 2 is 1.95 bits per heavy atom. The number of hydrogen-bond donors (Lipinski definition) is 2. The molecule has 1 atom stereocenters. The van der Waals surface area contributed by atoms with Crippen LogP contribution in [-0.4, -0.2) is 19.6 Å². The predicted octanol–water partition coefficient (Wildman–Crippen LogP) is 2.18. The summed E-state index contributed by atoms with van der Waals surface area (Å²) in [4.78, 5) is 0.105. The van der Waals surface area contributed by atoms with E-state index in [1.807, 2.05) is 6.92 Å². The Labute approximate surface area is 115 Å². The van der Waals surface area contributed by atoms with E-state index in [9.17, 15) is 8.42 Å². The van der Waals surface area contributed by atoms with E-state index in [1.54, 1.807) is 6.92 Å². The zero-order valence-electron chi connectivity index (χ0n) is 11.9. The first-order valence-corrected chi connectivity index (χ1v) is 7.97. The third-order valence-corrected chi connectivity index (χ3v) is 4.60. The molecule has 6 heteroatoms. The standard InChI is InChI=1S/C13H23NO4S/c1-9(2)5-6-10(3)14-19(16,17)13-7-12(8-15)18-11(13)4/h7,9-10,14-15H,5-6,8H2,1-4H3. The van der Waals surface area contributed by atoms with Crippen LogP contribution < -0.4 is 4.72 Å². The van der Waals surface area contributed by atoms with Gasteiger partial charge in [-0.25, -0.2) is 13.1 Å². The second kappa shape index (κ2) is 6.54. The lowest BCUT2D eigenvalue weighted by molar-refractivity contribution is 0.244. The van der Waals surface area contributed by atoms with Gasteiger partial charge in [-0.1, -0.05) is 13.8 Å². The maximum atomic E-state index is 12.2. The Hall–Kier alpha value is -0.850. The number of nitrogens with one attached hydrogen (secondary N) is 1. The average molecular weight is 289 g/mol. The van der Waals surface area contributed by atoms with Crippen LogP contribution in [0, 0.1) is 12.8 Å². The molecule has 0 aromatic carbocycles. The third-order valence-electron chi connectivity index (χ3n) is 2.90. The fourth-order valence-corrected chi connectivity index (χ4v) is 3.32. The van der Waals surface area contributed by atoms with Crippen LogP contribution in [0.2, 0.25) is 0 Å². The Bertz CT molecular complexity index is 505. The summed E-state index contributed by atoms with van der Waals surface area (Å²) in [6.07, 6.45) is 1.76. The molecule has 110 valence electrons. The first kappa shape index (κ1) is 16.2. The molecule has 1 aromatic rings. The SMILES string of the molecule is Cc1oc(CO)cc1S(=O)(=O)NC(C)CCC(C)C. The summed E-state index contributed by atoms with van der Waals surface area (Å²) >= 11 is 0. The van der Waals surface area contributed by atoms with E-state index >= 15 is 0 Å². The van der Waals surface area contributed by atoms with Crippen LogP contribution in [0.1, 0.15) is 45.1 Å². The van der Waals surface area contributed by atoms with Crippen molar-refractivity contribution in [1.29, 1.82) is 0 Å². The Balaban J connectivity index is 2.77. The van der Waals surface area contributed by atoms with Gasteiger partial charge < -0.3 is 9.52 Å². The molecule has 19 heavy (non-hydrogen) atoms. The van der Waals surface area contributed by atoms with E-state index < -0.39 is 10.0 Å². The quantitative estimate of drug-likeness (QED) is 0.806. The average Bonchev–Trinajstić information content (AvgIpc) is 2.68. The van der Waals surface area contributed by atoms with Gasteiger partial charge >= 0.3 is 0 Å². The number of aryl methyl sites for hydroxylation is 1. The summed E-state index contributed by atoms with van der Waals surface area (Å²) in [7, 11) is -3.58. The largest absolute Gasteiger partial charge is 0.462 e. The molecule has 2 N–H and O–H groups in total. The van der Waals surface area contributed by atoms with Crippen LogP contribution in [0.4, 0.5) is 0 Å². The van der Waals surface area contributed by atoms with Gasteiger partial charge in [0.15, 0.2) is 0 Å². The minimum Gasteiger partial charge on any atom is -0.462 e. The predicted molar refractivity (Wildman–Crippen MR) is 73.2 cm³/mol. The zero-order valence-corrected chi connectivity index (χ0v) is 12.8. The molecule has 0 bridgehead atoms. The summed E-state index contributed by atoms with van der Waals surface area (Å²) in [6, 6.07) is 1.24. The van der Waals surface area contributed by atoms with E-state index in [0.29, 0.717) is 11.7 Å². The van der Waals surface area contributed by atoms with Crippen molar-refractivity contribution >= 4 is 10.0 Å². The fourth-order valence-electron chi connectivity index (χ4n) is 1.84. The van der Waals surface area contributed by atoms with Crippen molar-refractivity contribution in [2.24, 2.45) is 5.92 Å². The second-order valence-electron chi connectivity index (χ2n) is 5.28. The smallest absolute Gasteiger partial charge is 0.244 e. The van der Waals surface area contributed by atoms with E-state index in [4.69, 9.17) is 9.52 Å². The lowest BCUT2D eigenvalue weighted by Gasteiger charge is -2.14. The van der Waals surface area contributed by atoms with Crippen molar-refractivity contribution in [1.82, 2.24) is 4.72 Å². The number of sulfonamides is 1. The van der Waals surface area contributed by atoms with E-state index in [-0.39, 0.29) is 23.3 Å². The molecule has 0 aliphatic carbocycles. The van der Waals surface area contributed by atoms with Crippen LogP contribution in [0.5, 0.6) is 0 Å². The third kappa shape index (κ3) is 4.63. The number of rotatable bonds is 7. The normalized spacial score (nSPS) is 14.0. The van der Waals surface area contributed by atoms with Gasteiger partial charge in [0.05, 0.1) is 0 Å². The molecule has 1 rings (SSSR count). The van der Waals surface area contributed by atoms with Crippen molar-refractivity contribution in [3.63, 3.8) is 0 Å². The highest BCUT2D eigenvalue weighted by atomic mass is 32.2. The molecule has 0 spiro atoms. The number of hydrogen-bond acceptors (Lipinski definition) is 4. The van der Waals surface area contributed by atoms with Crippen molar-refractivity contribution in [3.8, 4) is 0 Å². The summed E-state index contributed by atoms with van der Waals surface area (Å²) in [6.45, 7) is 7.33. The minimum atomic E-state index is -3.58. The first-order valence-electron chi connectivity index (χ1n) is 6.48. The molecule has 0 saturated carbocycles. The van der Waals surface area contributed by atoms with Gasteiger partial charge in [0.1, 0.15) is 23.0 Å². The van der Waals surface area contributed by atoms with Crippen molar-refractivity contribution < 1.29 is 17.9 Å². The zero-order chi connectivity index (χ0) is 14.6. The van der Waals surface area contributed by atoms with Crippen LogP contribution in [0.25, 0.3) is 0 Å². The first-order chi connectivity index (χ1) is 8.76. The van der Waals surface area contributed by atoms with Gasteiger partial charge in [-0.15, -0.1) is 0 Å². The van der Waals surface area contributed by atoms with Crippen molar-refractivity contribution in [2.45, 2.75) is 58.1 Å². The molecule has 0 aliphatic heterocycles. The molecule has 1 heterocycles. The molecule has 0 fully saturated rings. The Morgan fingerprint density at radius 3 is 2.42 bits per heavy atom. The number of aliphatic hydroxyl groups is 1. The van der Waals surface area contributed by atoms with Crippen LogP contribution >= 0.6 is 0 Å². The van der Waals surface area contributed by atoms with E-state index in [0.717, 1.165) is 12.8 Å². The maximum Gasteiger partial charge on any atom is 0.244 e. The van der Waals surface area contributed by atoms with Gasteiger partial charge in [-0.05, 0) is 32.6 Å². The number of furan rings is 1. The highest BCUT2D eigenvalue weighted by molar-refractivity contribution is 7.89. The van der Waals surface area contributed by atoms with Gasteiger partial charge in [0, 0.05) is 12.1 Å². The Morgan fingerprint density at radius 1 is 1.32 bits per heavy atom. The van der Waals surface area contributed by atoms with Gasteiger partial charge in [-0.3, -0.25) is 0 Å². The van der Waals surface area contributed by atoms with E-state index in [1.165, 1.54) is 6.07 Å². The lowest BCUT2D eigenvalue weighted by Crippen LogP contribution is -2.32. The molecule has 5 nitrogen and oxygen atoms in total. The van der Waals surface area contributed by atoms with Crippen LogP contribution in [0.15, 0.2) is 15.4 Å². The molecule has 0 amide bonds. The van der Waals surface area contributed by atoms with Crippen LogP contribution in [0.3, 0.4) is 0 Å². The highest BCUT2D eigenvalue weighted by Gasteiger charge is 2.23. The topological polar surface area (TPSA) is 79.5 Å². The maximum absolute atomic E-state index is 12.2. The number of aliphatic hydroxyl groups excluding tert-OH is 1. The summed E-state index contributed by atoms with van der Waals surface area (Å²) in [5.74, 6) is 1.10. The van der Waals surface area contributed by atoms with Crippen molar-refractivity contribution in [3.05, 3.63) is 17.6 Å². The van der Waals surface area contributed by atoms with Crippen molar-refractivity contribution in [2.75, 3.05) is 0 Å². The fraction of sp³-hybridized carbons (Fsp3) is 0.692. The molecule has 1 unspecified atom stereocenters. The molecular weight excluding hydrogens is 266 g/mol. The molecule has 0 radical (unpaired) electrons. The molecule has 0 saturated heterocycles. The molecular formula is C13H23NO4S. The summed E-state index contributed by atoms with van der Waals surface area (Å²) < 4.78 is 32.2. The van der Waals surface area contributed by atoms with E-state index in [2.05, 4.69) is 18.6 Å². The summed E-state index contributed by atoms with van der Waals surface area (Å²) in [5.41, 5.74) is 0. The highest BCUT2D eigenvalue weighted by Crippen LogP contribution is 2.20. The van der Waals surface area contributed by atoms with Gasteiger partial charge in [0.2, 0.25) is 10.0 Å². The second-order valence-corrected chi connectivity index (χ2v) is 6.97. The molecule has 0 aliphatic rings. The van der Waals surface area contributed by atoms with Gasteiger partial charge in [0.25, 0.3) is 0 Å². The van der Waals surface area contributed by atoms with Gasteiger partial charge in [-0.2, -0.15) is 0 Å². The Kier molecular flexibility index (Phi) is 5.58.